The lowest BCUT2D eigenvalue weighted by molar-refractivity contribution is -0.158. The third-order valence-corrected chi connectivity index (χ3v) is 4.00. The van der Waals surface area contributed by atoms with E-state index >= 15 is 0 Å². The van der Waals surface area contributed by atoms with Gasteiger partial charge >= 0.3 is 0 Å². The molecule has 8 heteroatoms. The number of aliphatic imine (C=N–C) groups is 2. The summed E-state index contributed by atoms with van der Waals surface area (Å²) >= 11 is 0. The second-order valence-corrected chi connectivity index (χ2v) is 6.45. The highest BCUT2D eigenvalue weighted by atomic mass is 79.9. The second-order valence-electron chi connectivity index (χ2n) is 6.45. The van der Waals surface area contributed by atoms with Crippen LogP contribution in [0, 0.1) is 20.8 Å². The molecular weight excluding hydrogens is 386 g/mol. The van der Waals surface area contributed by atoms with Crippen LogP contribution in [0.2, 0.25) is 0 Å². The number of guanidine groups is 2. The summed E-state index contributed by atoms with van der Waals surface area (Å²) in [5.41, 5.74) is 14.6. The van der Waals surface area contributed by atoms with Gasteiger partial charge in [0.05, 0.1) is 13.2 Å². The summed E-state index contributed by atoms with van der Waals surface area (Å²) in [5.74, 6) is 1.25. The average molecular weight is 414 g/mol. The molecule has 4 N–H and O–H groups in total. The number of nitrogens with zero attached hydrogens (tertiary/aromatic N) is 3. The van der Waals surface area contributed by atoms with Crippen LogP contribution in [0.4, 0.5) is 0 Å². The van der Waals surface area contributed by atoms with Crippen molar-refractivity contribution in [2.75, 3.05) is 13.2 Å². The molecule has 0 aromatic heterocycles. The molecule has 0 saturated carbocycles. The monoisotopic (exact) mass is 413 g/mol. The highest BCUT2D eigenvalue weighted by Gasteiger charge is 2.32. The molecule has 1 heterocycles. The van der Waals surface area contributed by atoms with E-state index in [1.165, 1.54) is 21.8 Å². The van der Waals surface area contributed by atoms with Crippen LogP contribution in [-0.4, -0.2) is 35.9 Å². The van der Waals surface area contributed by atoms with Crippen molar-refractivity contribution in [2.45, 2.75) is 46.7 Å². The van der Waals surface area contributed by atoms with Gasteiger partial charge in [0.2, 0.25) is 11.9 Å². The topological polar surface area (TPSA) is 98.5 Å². The summed E-state index contributed by atoms with van der Waals surface area (Å²) in [6, 6.07) is 4.11. The van der Waals surface area contributed by atoms with E-state index in [1.54, 1.807) is 0 Å². The van der Waals surface area contributed by atoms with E-state index in [0.29, 0.717) is 19.6 Å². The first kappa shape index (κ1) is 21.2. The van der Waals surface area contributed by atoms with E-state index in [-0.39, 0.29) is 28.9 Å². The van der Waals surface area contributed by atoms with Crippen LogP contribution in [0.5, 0.6) is 5.75 Å². The average Bonchev–Trinajstić information content (AvgIpc) is 2.45. The van der Waals surface area contributed by atoms with Gasteiger partial charge in [-0.25, -0.2) is 4.99 Å². The molecule has 1 aromatic rings. The number of benzene rings is 1. The molecule has 1 aliphatic rings. The van der Waals surface area contributed by atoms with Crippen molar-refractivity contribution in [1.82, 2.24) is 5.06 Å². The molecular formula is C17H28BrN5O2. The fourth-order valence-corrected chi connectivity index (χ4v) is 2.50. The van der Waals surface area contributed by atoms with E-state index in [4.69, 9.17) is 21.0 Å². The highest BCUT2D eigenvalue weighted by Crippen LogP contribution is 2.22. The molecule has 7 nitrogen and oxygen atoms in total. The lowest BCUT2D eigenvalue weighted by Gasteiger charge is -2.36. The maximum atomic E-state index is 5.86. The zero-order chi connectivity index (χ0) is 17.9. The Morgan fingerprint density at radius 3 is 2.24 bits per heavy atom. The van der Waals surface area contributed by atoms with Crippen LogP contribution >= 0.6 is 17.0 Å². The molecule has 0 bridgehead atoms. The fraction of sp³-hybridized carbons (Fsp3) is 0.529. The molecule has 0 aliphatic carbocycles. The van der Waals surface area contributed by atoms with Gasteiger partial charge < -0.3 is 16.2 Å². The second kappa shape index (κ2) is 8.53. The first-order chi connectivity index (χ1) is 11.2. The molecule has 0 unspecified atom stereocenters. The Balaban J connectivity index is 0.00000312. The molecule has 2 rings (SSSR count). The van der Waals surface area contributed by atoms with Gasteiger partial charge in [0, 0.05) is 6.42 Å². The maximum absolute atomic E-state index is 5.86. The fourth-order valence-electron chi connectivity index (χ4n) is 2.50. The Hall–Kier alpha value is -1.80. The highest BCUT2D eigenvalue weighted by molar-refractivity contribution is 8.93. The number of aryl methyl sites for hydroxylation is 2. The minimum Gasteiger partial charge on any atom is -0.493 e. The SMILES string of the molecule is Br.Cc1cc(OCCCON2C(N)=NC(N)=NC2(C)C)cc(C)c1C. The lowest BCUT2D eigenvalue weighted by Crippen LogP contribution is -2.53. The Morgan fingerprint density at radius 1 is 1.08 bits per heavy atom. The Kier molecular flexibility index (Phi) is 7.25. The van der Waals surface area contributed by atoms with Crippen LogP contribution < -0.4 is 16.2 Å². The molecule has 0 saturated heterocycles. The van der Waals surface area contributed by atoms with Gasteiger partial charge in [-0.1, -0.05) is 0 Å². The zero-order valence-electron chi connectivity index (χ0n) is 15.5. The van der Waals surface area contributed by atoms with Gasteiger partial charge in [-0.15, -0.1) is 17.0 Å². The largest absolute Gasteiger partial charge is 0.493 e. The molecule has 0 amide bonds. The summed E-state index contributed by atoms with van der Waals surface area (Å²) < 4.78 is 5.80. The van der Waals surface area contributed by atoms with Gasteiger partial charge in [-0.05, 0) is 63.4 Å². The van der Waals surface area contributed by atoms with Crippen LogP contribution in [0.1, 0.15) is 37.0 Å². The van der Waals surface area contributed by atoms with E-state index < -0.39 is 5.66 Å². The number of hydroxylamine groups is 2. The molecule has 0 atom stereocenters. The molecule has 140 valence electrons. The van der Waals surface area contributed by atoms with E-state index in [2.05, 4.69) is 42.9 Å². The van der Waals surface area contributed by atoms with Gasteiger partial charge in [-0.2, -0.15) is 10.1 Å². The summed E-state index contributed by atoms with van der Waals surface area (Å²) in [6.45, 7) is 11.0. The minimum absolute atomic E-state index is 0. The van der Waals surface area contributed by atoms with Gasteiger partial charge in [0.15, 0.2) is 5.66 Å². The van der Waals surface area contributed by atoms with Crippen LogP contribution in [-0.2, 0) is 4.84 Å². The van der Waals surface area contributed by atoms with Gasteiger partial charge in [-0.3, -0.25) is 4.84 Å². The first-order valence-corrected chi connectivity index (χ1v) is 8.04. The number of ether oxygens (including phenoxy) is 1. The predicted molar refractivity (Wildman–Crippen MR) is 106 cm³/mol. The van der Waals surface area contributed by atoms with Crippen molar-refractivity contribution in [2.24, 2.45) is 21.5 Å². The zero-order valence-corrected chi connectivity index (χ0v) is 17.2. The van der Waals surface area contributed by atoms with Crippen molar-refractivity contribution in [3.63, 3.8) is 0 Å². The van der Waals surface area contributed by atoms with Crippen molar-refractivity contribution in [3.05, 3.63) is 28.8 Å². The number of rotatable bonds is 6. The van der Waals surface area contributed by atoms with Crippen molar-refractivity contribution >= 4 is 28.9 Å². The Labute approximate surface area is 159 Å². The summed E-state index contributed by atoms with van der Waals surface area (Å²) in [5, 5.41) is 1.48. The molecule has 0 fully saturated rings. The minimum atomic E-state index is -0.679. The number of hydrogen-bond donors (Lipinski definition) is 2. The lowest BCUT2D eigenvalue weighted by atomic mass is 10.0. The molecule has 0 spiro atoms. The van der Waals surface area contributed by atoms with Crippen LogP contribution in [0.25, 0.3) is 0 Å². The smallest absolute Gasteiger partial charge is 0.226 e. The molecule has 0 radical (unpaired) electrons. The standard InChI is InChI=1S/C17H27N5O2.BrH/c1-11-9-14(10-12(2)13(11)3)23-7-6-8-24-22-16(19)20-15(18)21-17(22,4)5;/h9-10H,6-8H2,1-5H3,(H4,18,19,20,21);1H. The summed E-state index contributed by atoms with van der Waals surface area (Å²) in [6.07, 6.45) is 0.713. The quantitative estimate of drug-likeness (QED) is 0.698. The summed E-state index contributed by atoms with van der Waals surface area (Å²) in [7, 11) is 0. The van der Waals surface area contributed by atoms with Crippen molar-refractivity contribution in [1.29, 1.82) is 0 Å². The number of nitrogens with two attached hydrogens (primary N) is 2. The van der Waals surface area contributed by atoms with Gasteiger partial charge in [0.25, 0.3) is 0 Å². The normalized spacial score (nSPS) is 16.0. The predicted octanol–water partition coefficient (Wildman–Crippen LogP) is 2.57. The number of halogens is 1. The molecule has 1 aromatic carbocycles. The maximum Gasteiger partial charge on any atom is 0.226 e. The summed E-state index contributed by atoms with van der Waals surface area (Å²) in [4.78, 5) is 13.8. The van der Waals surface area contributed by atoms with Crippen molar-refractivity contribution < 1.29 is 9.57 Å². The first-order valence-electron chi connectivity index (χ1n) is 8.04. The number of hydrogen-bond acceptors (Lipinski definition) is 7. The van der Waals surface area contributed by atoms with E-state index in [9.17, 15) is 0 Å². The van der Waals surface area contributed by atoms with Gasteiger partial charge in [0.1, 0.15) is 5.75 Å². The van der Waals surface area contributed by atoms with Crippen molar-refractivity contribution in [3.8, 4) is 5.75 Å². The third kappa shape index (κ3) is 5.34. The van der Waals surface area contributed by atoms with E-state index in [0.717, 1.165) is 5.75 Å². The molecule has 1 aliphatic heterocycles. The van der Waals surface area contributed by atoms with Crippen LogP contribution in [0.15, 0.2) is 22.1 Å². The third-order valence-electron chi connectivity index (χ3n) is 4.00. The van der Waals surface area contributed by atoms with Crippen LogP contribution in [0.3, 0.4) is 0 Å². The Morgan fingerprint density at radius 2 is 1.68 bits per heavy atom. The molecule has 25 heavy (non-hydrogen) atoms. The van der Waals surface area contributed by atoms with E-state index in [1.807, 2.05) is 13.8 Å². The Bertz CT molecular complexity index is 650.